The highest BCUT2D eigenvalue weighted by molar-refractivity contribution is 7.98. The van der Waals surface area contributed by atoms with E-state index in [0.29, 0.717) is 4.64 Å². The Bertz CT molecular complexity index is 561. The van der Waals surface area contributed by atoms with E-state index >= 15 is 0 Å². The van der Waals surface area contributed by atoms with Crippen LogP contribution in [0.15, 0.2) is 35.2 Å². The molecular formula is C13H14N2S2. The Balaban J connectivity index is 2.13. The third-order valence-corrected chi connectivity index (χ3v) is 3.99. The third kappa shape index (κ3) is 3.17. The van der Waals surface area contributed by atoms with Crippen molar-refractivity contribution in [1.29, 1.82) is 0 Å². The van der Waals surface area contributed by atoms with Crippen LogP contribution >= 0.6 is 24.0 Å². The SMILES string of the molecule is Cc1[nH]c(CSc2ccccc2)nc(=S)c1C. The van der Waals surface area contributed by atoms with Gasteiger partial charge in [-0.05, 0) is 26.0 Å². The van der Waals surface area contributed by atoms with Crippen molar-refractivity contribution in [2.24, 2.45) is 0 Å². The van der Waals surface area contributed by atoms with Crippen molar-refractivity contribution in [1.82, 2.24) is 9.97 Å². The lowest BCUT2D eigenvalue weighted by Crippen LogP contribution is -1.98. The molecular weight excluding hydrogens is 248 g/mol. The van der Waals surface area contributed by atoms with Gasteiger partial charge in [0.25, 0.3) is 0 Å². The lowest BCUT2D eigenvalue weighted by Gasteiger charge is -2.05. The molecule has 0 radical (unpaired) electrons. The van der Waals surface area contributed by atoms with Crippen LogP contribution < -0.4 is 0 Å². The van der Waals surface area contributed by atoms with Gasteiger partial charge in [0.15, 0.2) is 0 Å². The van der Waals surface area contributed by atoms with Crippen molar-refractivity contribution in [3.05, 3.63) is 52.1 Å². The number of nitrogens with zero attached hydrogens (tertiary/aromatic N) is 1. The minimum absolute atomic E-state index is 0.699. The first kappa shape index (κ1) is 12.3. The van der Waals surface area contributed by atoms with Crippen LogP contribution in [0.5, 0.6) is 0 Å². The predicted molar refractivity (Wildman–Crippen MR) is 74.9 cm³/mol. The average Bonchev–Trinajstić information content (AvgIpc) is 2.34. The van der Waals surface area contributed by atoms with Crippen LogP contribution in [0.4, 0.5) is 0 Å². The van der Waals surface area contributed by atoms with Gasteiger partial charge < -0.3 is 4.98 Å². The van der Waals surface area contributed by atoms with E-state index in [2.05, 4.69) is 22.1 Å². The second-order valence-electron chi connectivity index (χ2n) is 3.84. The Kier molecular flexibility index (Phi) is 3.97. The highest BCUT2D eigenvalue weighted by Crippen LogP contribution is 2.21. The summed E-state index contributed by atoms with van der Waals surface area (Å²) >= 11 is 6.98. The molecule has 0 aliphatic carbocycles. The van der Waals surface area contributed by atoms with E-state index in [1.165, 1.54) is 4.90 Å². The van der Waals surface area contributed by atoms with Crippen LogP contribution in [0.1, 0.15) is 17.1 Å². The molecule has 17 heavy (non-hydrogen) atoms. The quantitative estimate of drug-likeness (QED) is 0.668. The van der Waals surface area contributed by atoms with Gasteiger partial charge in [-0.3, -0.25) is 0 Å². The first-order chi connectivity index (χ1) is 8.16. The van der Waals surface area contributed by atoms with Crippen LogP contribution in [-0.4, -0.2) is 9.97 Å². The van der Waals surface area contributed by atoms with E-state index in [-0.39, 0.29) is 0 Å². The summed E-state index contributed by atoms with van der Waals surface area (Å²) in [5.41, 5.74) is 2.17. The molecule has 1 heterocycles. The van der Waals surface area contributed by atoms with Gasteiger partial charge >= 0.3 is 0 Å². The standard InChI is InChI=1S/C13H14N2S2/c1-9-10(2)14-12(15-13(9)16)8-17-11-6-4-3-5-7-11/h3-7H,8H2,1-2H3,(H,14,15,16). The molecule has 0 fully saturated rings. The topological polar surface area (TPSA) is 28.7 Å². The minimum Gasteiger partial charge on any atom is -0.346 e. The maximum absolute atomic E-state index is 5.22. The largest absolute Gasteiger partial charge is 0.346 e. The summed E-state index contributed by atoms with van der Waals surface area (Å²) < 4.78 is 0.699. The smallest absolute Gasteiger partial charge is 0.132 e. The number of nitrogens with one attached hydrogen (secondary N) is 1. The van der Waals surface area contributed by atoms with Crippen LogP contribution in [0.2, 0.25) is 0 Å². The molecule has 88 valence electrons. The summed E-state index contributed by atoms with van der Waals surface area (Å²) in [6.07, 6.45) is 0. The van der Waals surface area contributed by atoms with Crippen molar-refractivity contribution in [3.63, 3.8) is 0 Å². The summed E-state index contributed by atoms with van der Waals surface area (Å²) in [7, 11) is 0. The molecule has 0 aliphatic heterocycles. The number of rotatable bonds is 3. The number of hydrogen-bond acceptors (Lipinski definition) is 3. The molecule has 1 aromatic carbocycles. The fourth-order valence-corrected chi connectivity index (χ4v) is 2.49. The molecule has 2 aromatic rings. The third-order valence-electron chi connectivity index (χ3n) is 2.57. The van der Waals surface area contributed by atoms with Gasteiger partial charge in [0.2, 0.25) is 0 Å². The van der Waals surface area contributed by atoms with E-state index in [1.54, 1.807) is 11.8 Å². The van der Waals surface area contributed by atoms with E-state index in [0.717, 1.165) is 22.8 Å². The lowest BCUT2D eigenvalue weighted by molar-refractivity contribution is 0.962. The Morgan fingerprint density at radius 2 is 1.94 bits per heavy atom. The van der Waals surface area contributed by atoms with Crippen molar-refractivity contribution >= 4 is 24.0 Å². The fraction of sp³-hybridized carbons (Fsp3) is 0.231. The average molecular weight is 262 g/mol. The van der Waals surface area contributed by atoms with Crippen molar-refractivity contribution in [3.8, 4) is 0 Å². The zero-order valence-corrected chi connectivity index (χ0v) is 11.5. The Labute approximate surface area is 111 Å². The molecule has 0 unspecified atom stereocenters. The normalized spacial score (nSPS) is 10.5. The summed E-state index contributed by atoms with van der Waals surface area (Å²) in [6.45, 7) is 4.03. The van der Waals surface area contributed by atoms with Gasteiger partial charge in [-0.15, -0.1) is 11.8 Å². The summed E-state index contributed by atoms with van der Waals surface area (Å²) in [5, 5.41) is 0. The van der Waals surface area contributed by atoms with E-state index in [9.17, 15) is 0 Å². The maximum atomic E-state index is 5.22. The lowest BCUT2D eigenvalue weighted by atomic mass is 10.3. The van der Waals surface area contributed by atoms with Crippen LogP contribution in [-0.2, 0) is 5.75 Å². The van der Waals surface area contributed by atoms with Crippen molar-refractivity contribution in [2.45, 2.75) is 24.5 Å². The monoisotopic (exact) mass is 262 g/mol. The molecule has 0 saturated carbocycles. The number of aryl methyl sites for hydroxylation is 1. The molecule has 0 aliphatic rings. The van der Waals surface area contributed by atoms with Crippen molar-refractivity contribution in [2.75, 3.05) is 0 Å². The van der Waals surface area contributed by atoms with Crippen LogP contribution in [0, 0.1) is 18.5 Å². The van der Waals surface area contributed by atoms with E-state index < -0.39 is 0 Å². The van der Waals surface area contributed by atoms with E-state index in [1.807, 2.05) is 32.0 Å². The molecule has 0 amide bonds. The van der Waals surface area contributed by atoms with Gasteiger partial charge in [-0.2, -0.15) is 0 Å². The Hall–Kier alpha value is -1.13. The second-order valence-corrected chi connectivity index (χ2v) is 5.28. The Morgan fingerprint density at radius 1 is 1.24 bits per heavy atom. The second kappa shape index (κ2) is 5.47. The summed E-state index contributed by atoms with van der Waals surface area (Å²) in [4.78, 5) is 8.92. The number of aromatic nitrogens is 2. The number of H-pyrrole nitrogens is 1. The zero-order chi connectivity index (χ0) is 12.3. The van der Waals surface area contributed by atoms with Gasteiger partial charge in [0.05, 0.1) is 5.75 Å². The number of thioether (sulfide) groups is 1. The molecule has 2 rings (SSSR count). The Morgan fingerprint density at radius 3 is 2.59 bits per heavy atom. The molecule has 1 N–H and O–H groups in total. The molecule has 0 spiro atoms. The fourth-order valence-electron chi connectivity index (χ4n) is 1.44. The zero-order valence-electron chi connectivity index (χ0n) is 9.86. The molecule has 4 heteroatoms. The van der Waals surface area contributed by atoms with Gasteiger partial charge in [-0.25, -0.2) is 4.98 Å². The minimum atomic E-state index is 0.699. The highest BCUT2D eigenvalue weighted by Gasteiger charge is 2.02. The summed E-state index contributed by atoms with van der Waals surface area (Å²) in [5.74, 6) is 1.75. The summed E-state index contributed by atoms with van der Waals surface area (Å²) in [6, 6.07) is 10.3. The molecule has 1 aromatic heterocycles. The van der Waals surface area contributed by atoms with Crippen LogP contribution in [0.3, 0.4) is 0 Å². The van der Waals surface area contributed by atoms with Gasteiger partial charge in [0.1, 0.15) is 10.5 Å². The maximum Gasteiger partial charge on any atom is 0.132 e. The number of hydrogen-bond donors (Lipinski definition) is 1. The van der Waals surface area contributed by atoms with Gasteiger partial charge in [-0.1, -0.05) is 30.4 Å². The van der Waals surface area contributed by atoms with Crippen molar-refractivity contribution < 1.29 is 0 Å². The number of aromatic amines is 1. The van der Waals surface area contributed by atoms with Crippen LogP contribution in [0.25, 0.3) is 0 Å². The highest BCUT2D eigenvalue weighted by atomic mass is 32.2. The van der Waals surface area contributed by atoms with Gasteiger partial charge in [0, 0.05) is 16.2 Å². The van der Waals surface area contributed by atoms with E-state index in [4.69, 9.17) is 12.2 Å². The molecule has 0 saturated heterocycles. The predicted octanol–water partition coefficient (Wildman–Crippen LogP) is 4.05. The first-order valence-electron chi connectivity index (χ1n) is 5.41. The number of benzene rings is 1. The molecule has 0 atom stereocenters. The molecule has 2 nitrogen and oxygen atoms in total. The molecule has 0 bridgehead atoms. The first-order valence-corrected chi connectivity index (χ1v) is 6.80.